The van der Waals surface area contributed by atoms with Gasteiger partial charge in [-0.1, -0.05) is 24.3 Å². The van der Waals surface area contributed by atoms with Gasteiger partial charge in [-0.2, -0.15) is 0 Å². The van der Waals surface area contributed by atoms with Crippen LogP contribution >= 0.6 is 27.3 Å². The van der Waals surface area contributed by atoms with Gasteiger partial charge >= 0.3 is 0 Å². The maximum Gasteiger partial charge on any atom is 0.186 e. The molecule has 0 aliphatic carbocycles. The summed E-state index contributed by atoms with van der Waals surface area (Å²) in [6.45, 7) is 2.07. The summed E-state index contributed by atoms with van der Waals surface area (Å²) in [4.78, 5) is 6.89. The maximum atomic E-state index is 4.51. The van der Waals surface area contributed by atoms with Crippen LogP contribution in [-0.2, 0) is 13.0 Å². The molecule has 0 fully saturated rings. The van der Waals surface area contributed by atoms with Crippen molar-refractivity contribution in [2.75, 3.05) is 11.4 Å². The van der Waals surface area contributed by atoms with Crippen LogP contribution in [0.25, 0.3) is 0 Å². The first-order chi connectivity index (χ1) is 8.33. The summed E-state index contributed by atoms with van der Waals surface area (Å²) in [6.07, 6.45) is 2.38. The van der Waals surface area contributed by atoms with Crippen molar-refractivity contribution in [1.29, 1.82) is 0 Å². The van der Waals surface area contributed by atoms with Gasteiger partial charge in [0.15, 0.2) is 5.13 Å². The van der Waals surface area contributed by atoms with Gasteiger partial charge < -0.3 is 4.90 Å². The van der Waals surface area contributed by atoms with Crippen molar-refractivity contribution < 1.29 is 0 Å². The van der Waals surface area contributed by atoms with Crippen LogP contribution in [-0.4, -0.2) is 11.5 Å². The lowest BCUT2D eigenvalue weighted by molar-refractivity contribution is 0.762. The lowest BCUT2D eigenvalue weighted by Crippen LogP contribution is -2.22. The van der Waals surface area contributed by atoms with E-state index >= 15 is 0 Å². The Morgan fingerprint density at radius 1 is 1.24 bits per heavy atom. The highest BCUT2D eigenvalue weighted by Crippen LogP contribution is 2.28. The largest absolute Gasteiger partial charge is 0.344 e. The highest BCUT2D eigenvalue weighted by Gasteiger charge is 2.16. The molecule has 2 nitrogen and oxygen atoms in total. The highest BCUT2D eigenvalue weighted by molar-refractivity contribution is 9.10. The topological polar surface area (TPSA) is 16.1 Å². The smallest absolute Gasteiger partial charge is 0.186 e. The van der Waals surface area contributed by atoms with Gasteiger partial charge in [0.1, 0.15) is 4.60 Å². The van der Waals surface area contributed by atoms with Gasteiger partial charge in [-0.05, 0) is 39.9 Å². The predicted octanol–water partition coefficient (Wildman–Crippen LogP) is 3.86. The minimum absolute atomic E-state index is 0.940. The molecule has 2 heterocycles. The summed E-state index contributed by atoms with van der Waals surface area (Å²) in [5.74, 6) is 0. The molecule has 0 saturated carbocycles. The lowest BCUT2D eigenvalue weighted by atomic mass is 10.0. The maximum absolute atomic E-state index is 4.51. The van der Waals surface area contributed by atoms with Gasteiger partial charge in [-0.25, -0.2) is 4.98 Å². The third-order valence-corrected chi connectivity index (χ3v) is 4.70. The fourth-order valence-corrected chi connectivity index (χ4v) is 3.53. The second kappa shape index (κ2) is 4.78. The van der Waals surface area contributed by atoms with Crippen LogP contribution in [0.3, 0.4) is 0 Å². The molecule has 0 unspecified atom stereocenters. The molecule has 2 aromatic rings. The molecular formula is C13H13BrN2S. The van der Waals surface area contributed by atoms with E-state index in [0.717, 1.165) is 22.8 Å². The Bertz CT molecular complexity index is 524. The minimum atomic E-state index is 0.940. The quantitative estimate of drug-likeness (QED) is 0.795. The first-order valence-electron chi connectivity index (χ1n) is 5.76. The van der Waals surface area contributed by atoms with Crippen molar-refractivity contribution in [3.8, 4) is 0 Å². The van der Waals surface area contributed by atoms with E-state index in [0.29, 0.717) is 0 Å². The third-order valence-electron chi connectivity index (χ3n) is 3.09. The molecule has 88 valence electrons. The van der Waals surface area contributed by atoms with Crippen molar-refractivity contribution in [2.45, 2.75) is 19.4 Å². The Labute approximate surface area is 113 Å². The fraction of sp³-hybridized carbons (Fsp3) is 0.308. The van der Waals surface area contributed by atoms with Crippen LogP contribution < -0.4 is 4.90 Å². The monoisotopic (exact) mass is 308 g/mol. The Hall–Kier alpha value is -0.870. The molecule has 0 amide bonds. The van der Waals surface area contributed by atoms with Crippen molar-refractivity contribution in [3.63, 3.8) is 0 Å². The molecular weight excluding hydrogens is 296 g/mol. The average molecular weight is 309 g/mol. The van der Waals surface area contributed by atoms with Crippen molar-refractivity contribution in [2.24, 2.45) is 0 Å². The van der Waals surface area contributed by atoms with Crippen molar-refractivity contribution in [1.82, 2.24) is 4.98 Å². The fourth-order valence-electron chi connectivity index (χ4n) is 2.25. The number of thiazole rings is 1. The van der Waals surface area contributed by atoms with Crippen LogP contribution in [0.4, 0.5) is 5.13 Å². The Kier molecular flexibility index (Phi) is 3.16. The third kappa shape index (κ3) is 2.38. The number of anilines is 1. The van der Waals surface area contributed by atoms with Gasteiger partial charge in [0.2, 0.25) is 0 Å². The molecule has 4 heteroatoms. The van der Waals surface area contributed by atoms with E-state index in [4.69, 9.17) is 0 Å². The summed E-state index contributed by atoms with van der Waals surface area (Å²) in [7, 11) is 0. The second-order valence-corrected chi connectivity index (χ2v) is 5.90. The minimum Gasteiger partial charge on any atom is -0.344 e. The number of aryl methyl sites for hydroxylation is 1. The molecule has 0 atom stereocenters. The summed E-state index contributed by atoms with van der Waals surface area (Å²) in [6, 6.07) is 8.74. The summed E-state index contributed by atoms with van der Waals surface area (Å²) in [5.41, 5.74) is 2.93. The predicted molar refractivity (Wildman–Crippen MR) is 75.6 cm³/mol. The van der Waals surface area contributed by atoms with E-state index in [-0.39, 0.29) is 0 Å². The van der Waals surface area contributed by atoms with Gasteiger partial charge in [0, 0.05) is 18.5 Å². The van der Waals surface area contributed by atoms with Gasteiger partial charge in [-0.3, -0.25) is 0 Å². The van der Waals surface area contributed by atoms with Crippen LogP contribution in [0.1, 0.15) is 17.5 Å². The van der Waals surface area contributed by atoms with Crippen LogP contribution in [0.2, 0.25) is 0 Å². The number of benzene rings is 1. The molecule has 1 aliphatic heterocycles. The molecule has 1 aromatic carbocycles. The zero-order valence-electron chi connectivity index (χ0n) is 9.40. The molecule has 0 radical (unpaired) electrons. The zero-order chi connectivity index (χ0) is 11.7. The molecule has 1 aliphatic rings. The average Bonchev–Trinajstić information content (AvgIpc) is 2.65. The van der Waals surface area contributed by atoms with Crippen molar-refractivity contribution in [3.05, 3.63) is 45.4 Å². The van der Waals surface area contributed by atoms with Crippen LogP contribution in [0, 0.1) is 0 Å². The Balaban J connectivity index is 1.90. The lowest BCUT2D eigenvalue weighted by Gasteiger charge is -2.19. The van der Waals surface area contributed by atoms with E-state index < -0.39 is 0 Å². The number of fused-ring (bicyclic) bond motifs is 1. The van der Waals surface area contributed by atoms with E-state index in [9.17, 15) is 0 Å². The number of hydrogen-bond acceptors (Lipinski definition) is 3. The first kappa shape index (κ1) is 11.2. The number of halogens is 1. The number of hydrogen-bond donors (Lipinski definition) is 0. The summed E-state index contributed by atoms with van der Waals surface area (Å²) in [5, 5.41) is 3.17. The Morgan fingerprint density at radius 3 is 2.82 bits per heavy atom. The van der Waals surface area contributed by atoms with E-state index in [2.05, 4.69) is 50.1 Å². The van der Waals surface area contributed by atoms with Crippen LogP contribution in [0.15, 0.2) is 34.2 Å². The highest BCUT2D eigenvalue weighted by atomic mass is 79.9. The molecule has 0 spiro atoms. The van der Waals surface area contributed by atoms with Gasteiger partial charge in [-0.15, -0.1) is 11.3 Å². The molecule has 17 heavy (non-hydrogen) atoms. The summed E-state index contributed by atoms with van der Waals surface area (Å²) < 4.78 is 0.940. The number of aromatic nitrogens is 1. The Morgan fingerprint density at radius 2 is 2.06 bits per heavy atom. The van der Waals surface area contributed by atoms with E-state index in [1.54, 1.807) is 11.3 Å². The van der Waals surface area contributed by atoms with Crippen LogP contribution in [0.5, 0.6) is 0 Å². The first-order valence-corrected chi connectivity index (χ1v) is 7.43. The van der Waals surface area contributed by atoms with E-state index in [1.807, 2.05) is 5.38 Å². The second-order valence-electron chi connectivity index (χ2n) is 4.25. The molecule has 0 bridgehead atoms. The normalized spacial score (nSPS) is 15.5. The molecule has 0 N–H and O–H groups in total. The number of nitrogens with zero attached hydrogens (tertiary/aromatic N) is 2. The standard InChI is InChI=1S/C13H13BrN2S/c14-12-9-17-13(15-12)16-7-3-6-10-4-1-2-5-11(10)8-16/h1-2,4-5,9H,3,6-8H2. The summed E-state index contributed by atoms with van der Waals surface area (Å²) >= 11 is 5.13. The molecule has 1 aromatic heterocycles. The molecule has 0 saturated heterocycles. The molecule has 3 rings (SSSR count). The van der Waals surface area contributed by atoms with Crippen molar-refractivity contribution >= 4 is 32.4 Å². The van der Waals surface area contributed by atoms with E-state index in [1.165, 1.54) is 24.0 Å². The zero-order valence-corrected chi connectivity index (χ0v) is 11.8. The van der Waals surface area contributed by atoms with Gasteiger partial charge in [0.05, 0.1) is 0 Å². The number of rotatable bonds is 1. The van der Waals surface area contributed by atoms with Gasteiger partial charge in [0.25, 0.3) is 0 Å². The SMILES string of the molecule is Brc1csc(N2CCCc3ccccc3C2)n1.